The number of H-pyrrole nitrogens is 1. The molecular weight excluding hydrogens is 260 g/mol. The van der Waals surface area contributed by atoms with Crippen LogP contribution in [0.15, 0.2) is 24.4 Å². The molecule has 0 aliphatic rings. The largest absolute Gasteiger partial charge is 0.379 e. The third-order valence-corrected chi connectivity index (χ3v) is 3.23. The van der Waals surface area contributed by atoms with E-state index in [4.69, 9.17) is 16.3 Å². The Morgan fingerprint density at radius 1 is 1.37 bits per heavy atom. The molecule has 0 unspecified atom stereocenters. The van der Waals surface area contributed by atoms with Crippen LogP contribution in [0.2, 0.25) is 5.02 Å². The minimum absolute atomic E-state index is 0.318. The van der Waals surface area contributed by atoms with Crippen LogP contribution >= 0.6 is 11.6 Å². The van der Waals surface area contributed by atoms with E-state index < -0.39 is 0 Å². The molecule has 4 heteroatoms. The van der Waals surface area contributed by atoms with Crippen LogP contribution in [0.3, 0.4) is 0 Å². The fraction of sp³-hybridized carbons (Fsp3) is 0.467. The Balaban J connectivity index is 1.79. The van der Waals surface area contributed by atoms with E-state index in [1.807, 2.05) is 18.3 Å². The number of hydrogen-bond donors (Lipinski definition) is 2. The highest BCUT2D eigenvalue weighted by atomic mass is 35.5. The molecule has 2 aromatic rings. The van der Waals surface area contributed by atoms with E-state index in [2.05, 4.69) is 30.2 Å². The molecule has 0 aliphatic heterocycles. The van der Waals surface area contributed by atoms with Gasteiger partial charge in [-0.2, -0.15) is 0 Å². The predicted octanol–water partition coefficient (Wildman–Crippen LogP) is 3.73. The molecule has 1 aromatic carbocycles. The number of benzene rings is 1. The quantitative estimate of drug-likeness (QED) is 0.759. The maximum absolute atomic E-state index is 5.97. The minimum atomic E-state index is 0.318. The second-order valence-corrected chi connectivity index (χ2v) is 5.39. The number of aromatic amines is 1. The Hall–Kier alpha value is -1.03. The van der Waals surface area contributed by atoms with Crippen molar-refractivity contribution in [3.63, 3.8) is 0 Å². The van der Waals surface area contributed by atoms with Crippen molar-refractivity contribution in [2.24, 2.45) is 0 Å². The molecule has 2 N–H and O–H groups in total. The molecule has 1 aromatic heterocycles. The van der Waals surface area contributed by atoms with Crippen molar-refractivity contribution in [1.82, 2.24) is 10.3 Å². The zero-order chi connectivity index (χ0) is 13.7. The molecule has 0 fully saturated rings. The van der Waals surface area contributed by atoms with Gasteiger partial charge in [0.2, 0.25) is 0 Å². The number of halogens is 1. The molecule has 0 aliphatic carbocycles. The molecule has 1 heterocycles. The first-order valence-electron chi connectivity index (χ1n) is 6.74. The predicted molar refractivity (Wildman–Crippen MR) is 80.7 cm³/mol. The van der Waals surface area contributed by atoms with Gasteiger partial charge in [0.05, 0.1) is 6.10 Å². The summed E-state index contributed by atoms with van der Waals surface area (Å²) in [5.41, 5.74) is 2.36. The number of fused-ring (bicyclic) bond motifs is 1. The Bertz CT molecular complexity index is 522. The standard InChI is InChI=1S/C15H21ClN2O/c1-11(2)19-7-3-6-17-9-12-10-18-15-8-13(16)4-5-14(12)15/h4-5,8,10-11,17-18H,3,6-7,9H2,1-2H3. The van der Waals surface area contributed by atoms with E-state index in [1.165, 1.54) is 10.9 Å². The number of aromatic nitrogens is 1. The third-order valence-electron chi connectivity index (χ3n) is 2.99. The highest BCUT2D eigenvalue weighted by Crippen LogP contribution is 2.21. The van der Waals surface area contributed by atoms with Gasteiger partial charge in [-0.15, -0.1) is 0 Å². The highest BCUT2D eigenvalue weighted by Gasteiger charge is 2.03. The van der Waals surface area contributed by atoms with Crippen LogP contribution < -0.4 is 5.32 Å². The van der Waals surface area contributed by atoms with E-state index >= 15 is 0 Å². The fourth-order valence-corrected chi connectivity index (χ4v) is 2.22. The maximum atomic E-state index is 5.97. The minimum Gasteiger partial charge on any atom is -0.379 e. The zero-order valence-electron chi connectivity index (χ0n) is 11.5. The lowest BCUT2D eigenvalue weighted by Gasteiger charge is -2.07. The van der Waals surface area contributed by atoms with Gasteiger partial charge in [-0.25, -0.2) is 0 Å². The van der Waals surface area contributed by atoms with Gasteiger partial charge in [0.1, 0.15) is 0 Å². The molecule has 104 valence electrons. The first kappa shape index (κ1) is 14.4. The monoisotopic (exact) mass is 280 g/mol. The van der Waals surface area contributed by atoms with Gasteiger partial charge in [-0.1, -0.05) is 17.7 Å². The molecule has 0 atom stereocenters. The first-order valence-corrected chi connectivity index (χ1v) is 7.12. The summed E-state index contributed by atoms with van der Waals surface area (Å²) in [7, 11) is 0. The summed E-state index contributed by atoms with van der Waals surface area (Å²) in [4.78, 5) is 3.25. The summed E-state index contributed by atoms with van der Waals surface area (Å²) in [5, 5.41) is 5.43. The van der Waals surface area contributed by atoms with Crippen molar-refractivity contribution < 1.29 is 4.74 Å². The van der Waals surface area contributed by atoms with Crippen LogP contribution in [0.5, 0.6) is 0 Å². The average Bonchev–Trinajstić information content (AvgIpc) is 2.75. The SMILES string of the molecule is CC(C)OCCCNCc1c[nH]c2cc(Cl)ccc12. The van der Waals surface area contributed by atoms with Gasteiger partial charge >= 0.3 is 0 Å². The van der Waals surface area contributed by atoms with Gasteiger partial charge in [0, 0.05) is 35.3 Å². The Morgan fingerprint density at radius 3 is 3.00 bits per heavy atom. The lowest BCUT2D eigenvalue weighted by atomic mass is 10.2. The number of rotatable bonds is 7. The van der Waals surface area contributed by atoms with E-state index in [0.717, 1.165) is 36.7 Å². The van der Waals surface area contributed by atoms with Crippen molar-refractivity contribution in [2.45, 2.75) is 32.9 Å². The molecule has 0 saturated heterocycles. The van der Waals surface area contributed by atoms with Crippen LogP contribution in [0.4, 0.5) is 0 Å². The molecule has 3 nitrogen and oxygen atoms in total. The molecule has 2 rings (SSSR count). The molecular formula is C15H21ClN2O. The summed E-state index contributed by atoms with van der Waals surface area (Å²) in [6, 6.07) is 5.95. The van der Waals surface area contributed by atoms with Crippen molar-refractivity contribution >= 4 is 22.5 Å². The Morgan fingerprint density at radius 2 is 2.21 bits per heavy atom. The molecule has 0 spiro atoms. The molecule has 0 bridgehead atoms. The summed E-state index contributed by atoms with van der Waals surface area (Å²) in [6.45, 7) is 6.76. The van der Waals surface area contributed by atoms with E-state index in [-0.39, 0.29) is 0 Å². The highest BCUT2D eigenvalue weighted by molar-refractivity contribution is 6.31. The maximum Gasteiger partial charge on any atom is 0.0518 e. The van der Waals surface area contributed by atoms with Gasteiger partial charge in [0.25, 0.3) is 0 Å². The lowest BCUT2D eigenvalue weighted by molar-refractivity contribution is 0.0770. The second-order valence-electron chi connectivity index (χ2n) is 4.95. The molecule has 0 radical (unpaired) electrons. The van der Waals surface area contributed by atoms with Crippen LogP contribution in [0.25, 0.3) is 10.9 Å². The smallest absolute Gasteiger partial charge is 0.0518 e. The lowest BCUT2D eigenvalue weighted by Crippen LogP contribution is -2.17. The number of hydrogen-bond acceptors (Lipinski definition) is 2. The molecule has 0 saturated carbocycles. The second kappa shape index (κ2) is 6.94. The van der Waals surface area contributed by atoms with Crippen LogP contribution in [-0.2, 0) is 11.3 Å². The van der Waals surface area contributed by atoms with Crippen molar-refractivity contribution in [1.29, 1.82) is 0 Å². The Kier molecular flexibility index (Phi) is 5.25. The van der Waals surface area contributed by atoms with Gasteiger partial charge < -0.3 is 15.0 Å². The summed E-state index contributed by atoms with van der Waals surface area (Å²) in [6.07, 6.45) is 3.39. The van der Waals surface area contributed by atoms with Gasteiger partial charge in [0.15, 0.2) is 0 Å². The van der Waals surface area contributed by atoms with Crippen molar-refractivity contribution in [3.8, 4) is 0 Å². The van der Waals surface area contributed by atoms with Crippen molar-refractivity contribution in [3.05, 3.63) is 35.0 Å². The van der Waals surface area contributed by atoms with Crippen molar-refractivity contribution in [2.75, 3.05) is 13.2 Å². The zero-order valence-corrected chi connectivity index (χ0v) is 12.3. The third kappa shape index (κ3) is 4.23. The van der Waals surface area contributed by atoms with Crippen LogP contribution in [0.1, 0.15) is 25.8 Å². The average molecular weight is 281 g/mol. The van der Waals surface area contributed by atoms with E-state index in [9.17, 15) is 0 Å². The summed E-state index contributed by atoms with van der Waals surface area (Å²) < 4.78 is 5.50. The molecule has 19 heavy (non-hydrogen) atoms. The number of ether oxygens (including phenoxy) is 1. The topological polar surface area (TPSA) is 37.0 Å². The summed E-state index contributed by atoms with van der Waals surface area (Å²) >= 11 is 5.97. The van der Waals surface area contributed by atoms with Crippen LogP contribution in [-0.4, -0.2) is 24.2 Å². The van der Waals surface area contributed by atoms with Gasteiger partial charge in [-0.3, -0.25) is 0 Å². The van der Waals surface area contributed by atoms with Crippen LogP contribution in [0, 0.1) is 0 Å². The first-order chi connectivity index (χ1) is 9.16. The summed E-state index contributed by atoms with van der Waals surface area (Å²) in [5.74, 6) is 0. The normalized spacial score (nSPS) is 11.6. The number of nitrogens with one attached hydrogen (secondary N) is 2. The van der Waals surface area contributed by atoms with Gasteiger partial charge in [-0.05, 0) is 44.5 Å². The molecule has 0 amide bonds. The van der Waals surface area contributed by atoms with E-state index in [0.29, 0.717) is 6.10 Å². The fourth-order valence-electron chi connectivity index (χ4n) is 2.04. The Labute approximate surface area is 119 Å². The van der Waals surface area contributed by atoms with E-state index in [1.54, 1.807) is 0 Å².